The quantitative estimate of drug-likeness (QED) is 0.700. The fraction of sp³-hybridized carbons (Fsp3) is 0.368. The molecular formula is C19H20ClFN4O2. The number of halogens is 2. The van der Waals surface area contributed by atoms with E-state index in [4.69, 9.17) is 17.3 Å². The van der Waals surface area contributed by atoms with E-state index < -0.39 is 11.7 Å². The molecule has 1 aliphatic heterocycles. The van der Waals surface area contributed by atoms with Crippen LogP contribution >= 0.6 is 11.6 Å². The summed E-state index contributed by atoms with van der Waals surface area (Å²) in [7, 11) is 3.07. The summed E-state index contributed by atoms with van der Waals surface area (Å²) in [5.74, 6) is -0.451. The first-order valence-electron chi connectivity index (χ1n) is 8.65. The van der Waals surface area contributed by atoms with Crippen LogP contribution in [-0.4, -0.2) is 48.1 Å². The summed E-state index contributed by atoms with van der Waals surface area (Å²) in [5.41, 5.74) is 6.89. The normalized spacial score (nSPS) is 22.5. The van der Waals surface area contributed by atoms with Crippen molar-refractivity contribution in [3.05, 3.63) is 40.3 Å². The average molecular weight is 391 g/mol. The molecule has 6 nitrogen and oxygen atoms in total. The zero-order chi connectivity index (χ0) is 19.5. The Bertz CT molecular complexity index is 965. The molecule has 142 valence electrons. The third-order valence-electron chi connectivity index (χ3n) is 5.62. The molecule has 2 heterocycles. The second kappa shape index (κ2) is 6.07. The summed E-state index contributed by atoms with van der Waals surface area (Å²) in [4.78, 5) is 18.0. The highest BCUT2D eigenvalue weighted by molar-refractivity contribution is 6.34. The smallest absolute Gasteiger partial charge is 0.258 e. The summed E-state index contributed by atoms with van der Waals surface area (Å²) < 4.78 is 15.2. The van der Waals surface area contributed by atoms with E-state index in [1.54, 1.807) is 0 Å². The van der Waals surface area contributed by atoms with Gasteiger partial charge in [0, 0.05) is 61.2 Å². The largest absolute Gasteiger partial charge is 0.398 e. The van der Waals surface area contributed by atoms with Crippen molar-refractivity contribution in [3.8, 4) is 11.1 Å². The van der Waals surface area contributed by atoms with Crippen LogP contribution in [0.25, 0.3) is 11.1 Å². The number of carbonyl (C=O) groups excluding carboxylic acids is 1. The molecule has 2 atom stereocenters. The number of benzene rings is 1. The maximum absolute atomic E-state index is 15.2. The Morgan fingerprint density at radius 3 is 2.85 bits per heavy atom. The van der Waals surface area contributed by atoms with Crippen LogP contribution in [0.5, 0.6) is 0 Å². The van der Waals surface area contributed by atoms with Crippen LogP contribution in [-0.2, 0) is 5.41 Å². The van der Waals surface area contributed by atoms with Gasteiger partial charge < -0.3 is 21.1 Å². The molecule has 1 aromatic heterocycles. The number of rotatable bonds is 3. The molecule has 1 saturated carbocycles. The summed E-state index contributed by atoms with van der Waals surface area (Å²) >= 11 is 6.69. The van der Waals surface area contributed by atoms with Gasteiger partial charge in [-0.2, -0.15) is 0 Å². The highest BCUT2D eigenvalue weighted by atomic mass is 35.5. The molecule has 4 N–H and O–H groups in total. The molecule has 0 radical (unpaired) electrons. The molecule has 0 saturated heterocycles. The van der Waals surface area contributed by atoms with E-state index in [-0.39, 0.29) is 34.8 Å². The summed E-state index contributed by atoms with van der Waals surface area (Å²) in [6, 6.07) is 3.01. The molecule has 27 heavy (non-hydrogen) atoms. The van der Waals surface area contributed by atoms with Gasteiger partial charge in [0.1, 0.15) is 11.6 Å². The van der Waals surface area contributed by atoms with Gasteiger partial charge in [-0.15, -0.1) is 0 Å². The van der Waals surface area contributed by atoms with E-state index >= 15 is 4.39 Å². The monoisotopic (exact) mass is 390 g/mol. The Balaban J connectivity index is 1.87. The van der Waals surface area contributed by atoms with Gasteiger partial charge in [0.15, 0.2) is 0 Å². The highest BCUT2D eigenvalue weighted by Crippen LogP contribution is 2.61. The predicted molar refractivity (Wildman–Crippen MR) is 102 cm³/mol. The molecule has 1 spiro atoms. The number of nitrogens with zero attached hydrogens (tertiary/aromatic N) is 2. The number of nitrogen functional groups attached to an aromatic ring is 1. The molecule has 8 heteroatoms. The van der Waals surface area contributed by atoms with E-state index in [1.165, 1.54) is 37.3 Å². The zero-order valence-corrected chi connectivity index (χ0v) is 15.8. The van der Waals surface area contributed by atoms with Crippen molar-refractivity contribution < 1.29 is 14.3 Å². The Labute approximate surface area is 161 Å². The van der Waals surface area contributed by atoms with Gasteiger partial charge in [0.05, 0.1) is 10.6 Å². The lowest BCUT2D eigenvalue weighted by molar-refractivity contribution is 0.0824. The van der Waals surface area contributed by atoms with Gasteiger partial charge in [0.25, 0.3) is 5.91 Å². The summed E-state index contributed by atoms with van der Waals surface area (Å²) in [6.07, 6.45) is 2.31. The molecule has 1 fully saturated rings. The van der Waals surface area contributed by atoms with E-state index in [2.05, 4.69) is 10.3 Å². The molecule has 2 aromatic rings. The van der Waals surface area contributed by atoms with Crippen LogP contribution in [0.4, 0.5) is 15.9 Å². The van der Waals surface area contributed by atoms with Crippen LogP contribution in [0, 0.1) is 11.7 Å². The number of aromatic nitrogens is 1. The number of pyridine rings is 1. The number of nitrogens with two attached hydrogens (primary N) is 1. The van der Waals surface area contributed by atoms with Gasteiger partial charge >= 0.3 is 0 Å². The van der Waals surface area contributed by atoms with Crippen molar-refractivity contribution in [1.29, 1.82) is 0 Å². The minimum absolute atomic E-state index is 0.0688. The number of nitrogens with one attached hydrogen (secondary N) is 1. The molecule has 0 unspecified atom stereocenters. The Hall–Kier alpha value is -2.38. The van der Waals surface area contributed by atoms with E-state index in [0.717, 1.165) is 12.0 Å². The number of carbonyl (C=O) groups is 1. The third kappa shape index (κ3) is 2.49. The molecular weight excluding hydrogens is 371 g/mol. The predicted octanol–water partition coefficient (Wildman–Crippen LogP) is 2.50. The van der Waals surface area contributed by atoms with Crippen molar-refractivity contribution in [2.24, 2.45) is 5.92 Å². The second-order valence-corrected chi connectivity index (χ2v) is 7.77. The lowest BCUT2D eigenvalue weighted by Crippen LogP contribution is -2.24. The van der Waals surface area contributed by atoms with Crippen LogP contribution in [0.15, 0.2) is 18.3 Å². The van der Waals surface area contributed by atoms with E-state index in [0.29, 0.717) is 22.9 Å². The fourth-order valence-electron chi connectivity index (χ4n) is 3.98. The number of anilines is 2. The molecule has 1 aliphatic carbocycles. The van der Waals surface area contributed by atoms with Crippen molar-refractivity contribution >= 4 is 29.0 Å². The first kappa shape index (κ1) is 18.0. The van der Waals surface area contributed by atoms with Gasteiger partial charge in [-0.25, -0.2) is 9.37 Å². The first-order chi connectivity index (χ1) is 12.8. The first-order valence-corrected chi connectivity index (χ1v) is 9.03. The van der Waals surface area contributed by atoms with Gasteiger partial charge in [-0.05, 0) is 24.5 Å². The van der Waals surface area contributed by atoms with Gasteiger partial charge in [-0.1, -0.05) is 11.6 Å². The number of hydrogen-bond donors (Lipinski definition) is 3. The number of hydrogen-bond acceptors (Lipinski definition) is 5. The minimum Gasteiger partial charge on any atom is -0.398 e. The van der Waals surface area contributed by atoms with Crippen molar-refractivity contribution in [3.63, 3.8) is 0 Å². The molecule has 2 aliphatic rings. The fourth-order valence-corrected chi connectivity index (χ4v) is 4.41. The Morgan fingerprint density at radius 1 is 1.48 bits per heavy atom. The topological polar surface area (TPSA) is 91.5 Å². The summed E-state index contributed by atoms with van der Waals surface area (Å²) in [6.45, 7) is 0.720. The maximum atomic E-state index is 15.2. The molecule has 0 bridgehead atoms. The van der Waals surface area contributed by atoms with Crippen molar-refractivity contribution in [2.75, 3.05) is 38.3 Å². The van der Waals surface area contributed by atoms with Crippen LogP contribution in [0.3, 0.4) is 0 Å². The average Bonchev–Trinajstić information content (AvgIpc) is 3.21. The van der Waals surface area contributed by atoms with E-state index in [1.807, 2.05) is 0 Å². The number of aliphatic hydroxyl groups is 1. The molecule has 1 aromatic carbocycles. The number of aliphatic hydroxyl groups excluding tert-OH is 1. The maximum Gasteiger partial charge on any atom is 0.258 e. The Morgan fingerprint density at radius 2 is 2.22 bits per heavy atom. The minimum atomic E-state index is -0.716. The Kier molecular flexibility index (Phi) is 4.05. The van der Waals surface area contributed by atoms with Crippen LogP contribution < -0.4 is 11.1 Å². The van der Waals surface area contributed by atoms with Crippen molar-refractivity contribution in [1.82, 2.24) is 9.88 Å². The second-order valence-electron chi connectivity index (χ2n) is 7.39. The van der Waals surface area contributed by atoms with Gasteiger partial charge in [0.2, 0.25) is 0 Å². The molecule has 1 amide bonds. The highest BCUT2D eigenvalue weighted by Gasteiger charge is 2.59. The van der Waals surface area contributed by atoms with Crippen LogP contribution in [0.2, 0.25) is 5.02 Å². The SMILES string of the molecule is CN(C)C(=O)c1c(N)ccc(-c2cnc3c(c2Cl)[C@]2(CN3)C[C@@H]2CO)c1F. The standard InChI is InChI=1S/C19H20ClFN4O2/c1-25(2)18(27)13-12(22)4-3-10(16(13)21)11-6-23-17-14(15(11)20)19(8-24-17)5-9(19)7-26/h3-4,6,9,26H,5,7-8,22H2,1-2H3,(H,23,24)/t9-,19+/m1/s1. The number of amides is 1. The van der Waals surface area contributed by atoms with Gasteiger partial charge in [-0.3, -0.25) is 4.79 Å². The zero-order valence-electron chi connectivity index (χ0n) is 15.0. The third-order valence-corrected chi connectivity index (χ3v) is 6.01. The molecule has 4 rings (SSSR count). The van der Waals surface area contributed by atoms with E-state index in [9.17, 15) is 9.90 Å². The number of fused-ring (bicyclic) bond motifs is 2. The van der Waals surface area contributed by atoms with Crippen molar-refractivity contribution in [2.45, 2.75) is 11.8 Å². The van der Waals surface area contributed by atoms with Crippen LogP contribution in [0.1, 0.15) is 22.3 Å². The summed E-state index contributed by atoms with van der Waals surface area (Å²) in [5, 5.41) is 13.2. The lowest BCUT2D eigenvalue weighted by Gasteiger charge is -2.17. The lowest BCUT2D eigenvalue weighted by atomic mass is 9.93.